The molecular weight excluding hydrogens is 250 g/mol. The highest BCUT2D eigenvalue weighted by Crippen LogP contribution is 2.31. The zero-order valence-electron chi connectivity index (χ0n) is 10.2. The molecule has 0 aliphatic carbocycles. The molecule has 18 heavy (non-hydrogen) atoms. The maximum atomic E-state index is 6.00. The molecule has 2 aromatic rings. The molecule has 0 aliphatic heterocycles. The summed E-state index contributed by atoms with van der Waals surface area (Å²) in [7, 11) is 1.61. The van der Waals surface area contributed by atoms with Crippen LogP contribution >= 0.6 is 11.6 Å². The van der Waals surface area contributed by atoms with Crippen LogP contribution in [-0.2, 0) is 0 Å². The lowest BCUT2D eigenvalue weighted by Crippen LogP contribution is -2.10. The quantitative estimate of drug-likeness (QED) is 0.925. The average Bonchev–Trinajstić information content (AvgIpc) is 2.39. The summed E-state index contributed by atoms with van der Waals surface area (Å²) in [6.07, 6.45) is 1.68. The standard InChI is InChI=1S/C13H14ClN3O/c1-8(15)13-16-6-5-11(17-13)10-7-9(14)3-4-12(10)18-2/h3-8H,15H2,1-2H3. The topological polar surface area (TPSA) is 61.0 Å². The minimum atomic E-state index is -0.213. The highest BCUT2D eigenvalue weighted by Gasteiger charge is 2.10. The van der Waals surface area contributed by atoms with E-state index in [2.05, 4.69) is 9.97 Å². The summed E-state index contributed by atoms with van der Waals surface area (Å²) in [5.74, 6) is 1.31. The number of aromatic nitrogens is 2. The molecule has 0 amide bonds. The van der Waals surface area contributed by atoms with E-state index in [1.807, 2.05) is 19.1 Å². The van der Waals surface area contributed by atoms with Crippen molar-refractivity contribution >= 4 is 11.6 Å². The third-order valence-corrected chi connectivity index (χ3v) is 2.75. The summed E-state index contributed by atoms with van der Waals surface area (Å²) in [5, 5.41) is 0.631. The third kappa shape index (κ3) is 2.60. The van der Waals surface area contributed by atoms with Gasteiger partial charge >= 0.3 is 0 Å². The molecule has 1 heterocycles. The Morgan fingerprint density at radius 3 is 2.78 bits per heavy atom. The average molecular weight is 264 g/mol. The van der Waals surface area contributed by atoms with Gasteiger partial charge in [-0.3, -0.25) is 0 Å². The lowest BCUT2D eigenvalue weighted by atomic mass is 10.1. The van der Waals surface area contributed by atoms with Crippen molar-refractivity contribution in [2.45, 2.75) is 13.0 Å². The first-order valence-corrected chi connectivity index (χ1v) is 5.92. The molecule has 0 spiro atoms. The van der Waals surface area contributed by atoms with Crippen LogP contribution in [0.15, 0.2) is 30.5 Å². The van der Waals surface area contributed by atoms with Gasteiger partial charge < -0.3 is 10.5 Å². The Bertz CT molecular complexity index is 558. The summed E-state index contributed by atoms with van der Waals surface area (Å²) in [6.45, 7) is 1.84. The number of methoxy groups -OCH3 is 1. The Morgan fingerprint density at radius 1 is 1.33 bits per heavy atom. The molecule has 4 nitrogen and oxygen atoms in total. The third-order valence-electron chi connectivity index (χ3n) is 2.52. The monoisotopic (exact) mass is 263 g/mol. The Morgan fingerprint density at radius 2 is 2.11 bits per heavy atom. The second kappa shape index (κ2) is 5.33. The molecule has 0 bridgehead atoms. The normalized spacial score (nSPS) is 12.2. The van der Waals surface area contributed by atoms with E-state index in [0.29, 0.717) is 16.6 Å². The van der Waals surface area contributed by atoms with E-state index in [9.17, 15) is 0 Å². The first-order valence-electron chi connectivity index (χ1n) is 5.54. The summed E-state index contributed by atoms with van der Waals surface area (Å²) in [4.78, 5) is 8.55. The van der Waals surface area contributed by atoms with Gasteiger partial charge in [-0.05, 0) is 31.2 Å². The van der Waals surface area contributed by atoms with Crippen molar-refractivity contribution in [1.82, 2.24) is 9.97 Å². The number of hydrogen-bond acceptors (Lipinski definition) is 4. The molecule has 0 saturated heterocycles. The van der Waals surface area contributed by atoms with Crippen molar-refractivity contribution in [1.29, 1.82) is 0 Å². The summed E-state index contributed by atoms with van der Waals surface area (Å²) < 4.78 is 5.30. The fraction of sp³-hybridized carbons (Fsp3) is 0.231. The number of nitrogens with zero attached hydrogens (tertiary/aromatic N) is 2. The van der Waals surface area contributed by atoms with Gasteiger partial charge in [-0.25, -0.2) is 9.97 Å². The van der Waals surface area contributed by atoms with E-state index in [1.54, 1.807) is 25.4 Å². The van der Waals surface area contributed by atoms with Gasteiger partial charge in [-0.15, -0.1) is 0 Å². The number of rotatable bonds is 3. The Labute approximate surface area is 111 Å². The van der Waals surface area contributed by atoms with Crippen molar-refractivity contribution in [3.8, 4) is 17.0 Å². The molecule has 5 heteroatoms. The molecule has 1 unspecified atom stereocenters. The molecule has 1 aromatic heterocycles. The molecule has 0 aliphatic rings. The SMILES string of the molecule is COc1ccc(Cl)cc1-c1ccnc(C(C)N)n1. The molecule has 1 atom stereocenters. The Kier molecular flexibility index (Phi) is 3.79. The van der Waals surface area contributed by atoms with E-state index in [4.69, 9.17) is 22.1 Å². The van der Waals surface area contributed by atoms with Crippen molar-refractivity contribution < 1.29 is 4.74 Å². The summed E-state index contributed by atoms with van der Waals surface area (Å²) in [5.41, 5.74) is 7.35. The smallest absolute Gasteiger partial charge is 0.145 e. The highest BCUT2D eigenvalue weighted by molar-refractivity contribution is 6.30. The van der Waals surface area contributed by atoms with Crippen LogP contribution in [0.2, 0.25) is 5.02 Å². The minimum absolute atomic E-state index is 0.213. The van der Waals surface area contributed by atoms with E-state index < -0.39 is 0 Å². The largest absolute Gasteiger partial charge is 0.496 e. The molecule has 0 saturated carbocycles. The highest BCUT2D eigenvalue weighted by atomic mass is 35.5. The van der Waals surface area contributed by atoms with Gasteiger partial charge in [-0.2, -0.15) is 0 Å². The predicted molar refractivity (Wildman–Crippen MR) is 71.6 cm³/mol. The van der Waals surface area contributed by atoms with Crippen LogP contribution in [0.1, 0.15) is 18.8 Å². The van der Waals surface area contributed by atoms with Gasteiger partial charge in [0.2, 0.25) is 0 Å². The van der Waals surface area contributed by atoms with Crippen LogP contribution < -0.4 is 10.5 Å². The van der Waals surface area contributed by atoms with Crippen LogP contribution in [0.4, 0.5) is 0 Å². The number of ether oxygens (including phenoxy) is 1. The van der Waals surface area contributed by atoms with Crippen molar-refractivity contribution in [3.05, 3.63) is 41.3 Å². The van der Waals surface area contributed by atoms with E-state index in [-0.39, 0.29) is 6.04 Å². The second-order valence-electron chi connectivity index (χ2n) is 3.93. The Hall–Kier alpha value is -1.65. The van der Waals surface area contributed by atoms with Gasteiger partial charge in [0, 0.05) is 16.8 Å². The molecule has 1 aromatic carbocycles. The lowest BCUT2D eigenvalue weighted by Gasteiger charge is -2.10. The minimum Gasteiger partial charge on any atom is -0.496 e. The number of benzene rings is 1. The number of halogens is 1. The maximum absolute atomic E-state index is 6.00. The molecule has 0 radical (unpaired) electrons. The molecule has 2 rings (SSSR count). The fourth-order valence-electron chi connectivity index (χ4n) is 1.62. The van der Waals surface area contributed by atoms with Crippen molar-refractivity contribution in [2.24, 2.45) is 5.73 Å². The molecule has 0 fully saturated rings. The van der Waals surface area contributed by atoms with Crippen LogP contribution in [0.3, 0.4) is 0 Å². The Balaban J connectivity index is 2.54. The van der Waals surface area contributed by atoms with Crippen molar-refractivity contribution in [2.75, 3.05) is 7.11 Å². The van der Waals surface area contributed by atoms with E-state index in [0.717, 1.165) is 11.3 Å². The summed E-state index contributed by atoms with van der Waals surface area (Å²) >= 11 is 6.00. The first kappa shape index (κ1) is 12.8. The second-order valence-corrected chi connectivity index (χ2v) is 4.37. The van der Waals surface area contributed by atoms with Crippen LogP contribution in [0.25, 0.3) is 11.3 Å². The van der Waals surface area contributed by atoms with Gasteiger partial charge in [-0.1, -0.05) is 11.6 Å². The summed E-state index contributed by atoms with van der Waals surface area (Å²) in [6, 6.07) is 6.99. The van der Waals surface area contributed by atoms with Gasteiger partial charge in [0.1, 0.15) is 11.6 Å². The maximum Gasteiger partial charge on any atom is 0.145 e. The van der Waals surface area contributed by atoms with Crippen LogP contribution in [-0.4, -0.2) is 17.1 Å². The fourth-order valence-corrected chi connectivity index (χ4v) is 1.80. The van der Waals surface area contributed by atoms with E-state index in [1.165, 1.54) is 0 Å². The number of nitrogens with two attached hydrogens (primary N) is 1. The first-order chi connectivity index (χ1) is 8.61. The van der Waals surface area contributed by atoms with Gasteiger partial charge in [0.25, 0.3) is 0 Å². The lowest BCUT2D eigenvalue weighted by molar-refractivity contribution is 0.416. The van der Waals surface area contributed by atoms with Crippen LogP contribution in [0.5, 0.6) is 5.75 Å². The molecular formula is C13H14ClN3O. The van der Waals surface area contributed by atoms with Crippen molar-refractivity contribution in [3.63, 3.8) is 0 Å². The molecule has 94 valence electrons. The van der Waals surface area contributed by atoms with Crippen LogP contribution in [0, 0.1) is 0 Å². The molecule has 2 N–H and O–H groups in total. The zero-order chi connectivity index (χ0) is 13.1. The van der Waals surface area contributed by atoms with Gasteiger partial charge in [0.15, 0.2) is 0 Å². The zero-order valence-corrected chi connectivity index (χ0v) is 11.0. The van der Waals surface area contributed by atoms with E-state index >= 15 is 0 Å². The van der Waals surface area contributed by atoms with Gasteiger partial charge in [0.05, 0.1) is 18.8 Å². The predicted octanol–water partition coefficient (Wildman–Crippen LogP) is 2.83. The number of hydrogen-bond donors (Lipinski definition) is 1.